The molecule has 0 saturated heterocycles. The van der Waals surface area contributed by atoms with Crippen LogP contribution in [0.5, 0.6) is 0 Å². The van der Waals surface area contributed by atoms with Crippen LogP contribution in [0.3, 0.4) is 0 Å². The summed E-state index contributed by atoms with van der Waals surface area (Å²) in [6.45, 7) is 9.73. The predicted molar refractivity (Wildman–Crippen MR) is 103 cm³/mol. The molecule has 1 N–H and O–H groups in total. The lowest BCUT2D eigenvalue weighted by Gasteiger charge is -2.25. The van der Waals surface area contributed by atoms with E-state index in [0.717, 1.165) is 36.7 Å². The van der Waals surface area contributed by atoms with E-state index in [4.69, 9.17) is 4.74 Å². The maximum absolute atomic E-state index is 12.3. The second-order valence-electron chi connectivity index (χ2n) is 5.84. The van der Waals surface area contributed by atoms with Gasteiger partial charge in [-0.15, -0.1) is 0 Å². The summed E-state index contributed by atoms with van der Waals surface area (Å²) in [6.07, 6.45) is 0. The number of hydrogen-bond acceptors (Lipinski definition) is 3. The second kappa shape index (κ2) is 11.5. The van der Waals surface area contributed by atoms with Gasteiger partial charge in [0.05, 0.1) is 19.7 Å². The lowest BCUT2D eigenvalue weighted by Crippen LogP contribution is -2.45. The summed E-state index contributed by atoms with van der Waals surface area (Å²) >= 11 is 0. The number of methoxy groups -OCH3 is 1. The molecule has 0 spiro atoms. The average molecular weight is 348 g/mol. The number of rotatable bonds is 9. The van der Waals surface area contributed by atoms with Gasteiger partial charge in [0, 0.05) is 33.8 Å². The number of benzene rings is 1. The Morgan fingerprint density at radius 3 is 2.24 bits per heavy atom. The SMILES string of the molecule is CCNC(=NCc1ccc(COC)cc1)N(C)CC(=O)N(CC)CC. The zero-order valence-electron chi connectivity index (χ0n) is 16.2. The minimum atomic E-state index is 0.113. The molecule has 0 aromatic heterocycles. The van der Waals surface area contributed by atoms with Crippen molar-refractivity contribution in [3.05, 3.63) is 35.4 Å². The summed E-state index contributed by atoms with van der Waals surface area (Å²) in [4.78, 5) is 20.6. The van der Waals surface area contributed by atoms with E-state index < -0.39 is 0 Å². The molecule has 0 radical (unpaired) electrons. The lowest BCUT2D eigenvalue weighted by molar-refractivity contribution is -0.131. The summed E-state index contributed by atoms with van der Waals surface area (Å²) in [7, 11) is 3.58. The molecular formula is C19H32N4O2. The number of guanidine groups is 1. The third-order valence-electron chi connectivity index (χ3n) is 3.93. The van der Waals surface area contributed by atoms with Crippen molar-refractivity contribution >= 4 is 11.9 Å². The first-order valence-corrected chi connectivity index (χ1v) is 8.89. The van der Waals surface area contributed by atoms with Crippen LogP contribution in [0.4, 0.5) is 0 Å². The number of amides is 1. The van der Waals surface area contributed by atoms with Crippen molar-refractivity contribution in [2.45, 2.75) is 33.9 Å². The van der Waals surface area contributed by atoms with Crippen LogP contribution in [0.2, 0.25) is 0 Å². The molecule has 140 valence electrons. The summed E-state index contributed by atoms with van der Waals surface area (Å²) < 4.78 is 5.12. The van der Waals surface area contributed by atoms with Crippen molar-refractivity contribution in [2.75, 3.05) is 40.3 Å². The van der Waals surface area contributed by atoms with Crippen molar-refractivity contribution in [3.8, 4) is 0 Å². The van der Waals surface area contributed by atoms with Crippen LogP contribution in [-0.2, 0) is 22.7 Å². The van der Waals surface area contributed by atoms with Gasteiger partial charge in [-0.3, -0.25) is 4.79 Å². The maximum atomic E-state index is 12.3. The summed E-state index contributed by atoms with van der Waals surface area (Å²) in [5.41, 5.74) is 2.27. The van der Waals surface area contributed by atoms with Crippen molar-refractivity contribution in [3.63, 3.8) is 0 Å². The van der Waals surface area contributed by atoms with Gasteiger partial charge in [-0.1, -0.05) is 24.3 Å². The molecule has 0 atom stereocenters. The van der Waals surface area contributed by atoms with E-state index in [0.29, 0.717) is 19.7 Å². The van der Waals surface area contributed by atoms with E-state index in [9.17, 15) is 4.79 Å². The molecule has 1 rings (SSSR count). The number of likely N-dealkylation sites (N-methyl/N-ethyl adjacent to an activating group) is 2. The topological polar surface area (TPSA) is 57.2 Å². The van der Waals surface area contributed by atoms with E-state index >= 15 is 0 Å². The highest BCUT2D eigenvalue weighted by Crippen LogP contribution is 2.07. The Bertz CT molecular complexity index is 539. The third-order valence-corrected chi connectivity index (χ3v) is 3.93. The number of nitrogens with one attached hydrogen (secondary N) is 1. The predicted octanol–water partition coefficient (Wildman–Crippen LogP) is 2.10. The van der Waals surface area contributed by atoms with Crippen LogP contribution in [0, 0.1) is 0 Å². The molecular weight excluding hydrogens is 316 g/mol. The molecule has 0 heterocycles. The van der Waals surface area contributed by atoms with Crippen molar-refractivity contribution < 1.29 is 9.53 Å². The van der Waals surface area contributed by atoms with E-state index in [1.165, 1.54) is 0 Å². The zero-order valence-corrected chi connectivity index (χ0v) is 16.2. The summed E-state index contributed by atoms with van der Waals surface area (Å²) in [6, 6.07) is 8.22. The van der Waals surface area contributed by atoms with Crippen LogP contribution in [0.15, 0.2) is 29.3 Å². The van der Waals surface area contributed by atoms with Crippen LogP contribution in [-0.4, -0.2) is 62.0 Å². The van der Waals surface area contributed by atoms with Gasteiger partial charge in [-0.2, -0.15) is 0 Å². The Kier molecular flexibility index (Phi) is 9.62. The van der Waals surface area contributed by atoms with Crippen molar-refractivity contribution in [1.29, 1.82) is 0 Å². The molecule has 0 aliphatic rings. The minimum absolute atomic E-state index is 0.113. The van der Waals surface area contributed by atoms with E-state index in [-0.39, 0.29) is 5.91 Å². The molecule has 0 aliphatic heterocycles. The zero-order chi connectivity index (χ0) is 18.7. The number of carbonyl (C=O) groups is 1. The smallest absolute Gasteiger partial charge is 0.242 e. The number of hydrogen-bond donors (Lipinski definition) is 1. The fourth-order valence-corrected chi connectivity index (χ4v) is 2.50. The van der Waals surface area contributed by atoms with Gasteiger partial charge in [-0.25, -0.2) is 4.99 Å². The lowest BCUT2D eigenvalue weighted by atomic mass is 10.1. The maximum Gasteiger partial charge on any atom is 0.242 e. The van der Waals surface area contributed by atoms with Crippen molar-refractivity contribution in [1.82, 2.24) is 15.1 Å². The van der Waals surface area contributed by atoms with Crippen LogP contribution in [0.1, 0.15) is 31.9 Å². The number of ether oxygens (including phenoxy) is 1. The first-order valence-electron chi connectivity index (χ1n) is 8.89. The normalized spacial score (nSPS) is 11.3. The van der Waals surface area contributed by atoms with E-state index in [1.54, 1.807) is 7.11 Å². The Hall–Kier alpha value is -2.08. The Morgan fingerprint density at radius 1 is 1.12 bits per heavy atom. The molecule has 6 heteroatoms. The first-order chi connectivity index (χ1) is 12.0. The second-order valence-corrected chi connectivity index (χ2v) is 5.84. The highest BCUT2D eigenvalue weighted by Gasteiger charge is 2.14. The van der Waals surface area contributed by atoms with Gasteiger partial charge in [0.15, 0.2) is 5.96 Å². The number of aliphatic imine (C=N–C) groups is 1. The quantitative estimate of drug-likeness (QED) is 0.548. The van der Waals surface area contributed by atoms with Crippen molar-refractivity contribution in [2.24, 2.45) is 4.99 Å². The summed E-state index contributed by atoms with van der Waals surface area (Å²) in [5.74, 6) is 0.853. The number of carbonyl (C=O) groups excluding carboxylic acids is 1. The highest BCUT2D eigenvalue weighted by molar-refractivity contribution is 5.86. The molecule has 0 aliphatic carbocycles. The van der Waals surface area contributed by atoms with Gasteiger partial charge in [0.2, 0.25) is 5.91 Å². The largest absolute Gasteiger partial charge is 0.380 e. The van der Waals surface area contributed by atoms with Crippen LogP contribution >= 0.6 is 0 Å². The Morgan fingerprint density at radius 2 is 1.72 bits per heavy atom. The first kappa shape index (κ1) is 21.0. The Balaban J connectivity index is 2.73. The van der Waals surface area contributed by atoms with Crippen LogP contribution in [0.25, 0.3) is 0 Å². The molecule has 0 unspecified atom stereocenters. The van der Waals surface area contributed by atoms with Gasteiger partial charge in [0.1, 0.15) is 0 Å². The molecule has 6 nitrogen and oxygen atoms in total. The Labute approximate surface area is 151 Å². The van der Waals surface area contributed by atoms with Gasteiger partial charge in [0.25, 0.3) is 0 Å². The van der Waals surface area contributed by atoms with E-state index in [2.05, 4.69) is 34.6 Å². The highest BCUT2D eigenvalue weighted by atomic mass is 16.5. The van der Waals surface area contributed by atoms with Crippen LogP contribution < -0.4 is 5.32 Å². The molecule has 1 aromatic rings. The fraction of sp³-hybridized carbons (Fsp3) is 0.579. The van der Waals surface area contributed by atoms with Gasteiger partial charge >= 0.3 is 0 Å². The van der Waals surface area contributed by atoms with Gasteiger partial charge < -0.3 is 19.9 Å². The molecule has 0 fully saturated rings. The van der Waals surface area contributed by atoms with Gasteiger partial charge in [-0.05, 0) is 31.9 Å². The monoisotopic (exact) mass is 348 g/mol. The number of nitrogens with zero attached hydrogens (tertiary/aromatic N) is 3. The van der Waals surface area contributed by atoms with E-state index in [1.807, 2.05) is 37.6 Å². The molecule has 1 aromatic carbocycles. The summed E-state index contributed by atoms with van der Waals surface area (Å²) in [5, 5.41) is 3.25. The standard InChI is InChI=1S/C19H32N4O2/c1-6-20-19(22(4)14-18(24)23(7-2)8-3)21-13-16-9-11-17(12-10-16)15-25-5/h9-12H,6-8,13-15H2,1-5H3,(H,20,21). The third kappa shape index (κ3) is 7.13. The fourth-order valence-electron chi connectivity index (χ4n) is 2.50. The average Bonchev–Trinajstić information content (AvgIpc) is 2.61. The molecule has 1 amide bonds. The molecule has 0 saturated carbocycles. The molecule has 25 heavy (non-hydrogen) atoms. The minimum Gasteiger partial charge on any atom is -0.380 e. The molecule has 0 bridgehead atoms.